The summed E-state index contributed by atoms with van der Waals surface area (Å²) in [6.07, 6.45) is 8.65. The van der Waals surface area contributed by atoms with Gasteiger partial charge >= 0.3 is 0 Å². The van der Waals surface area contributed by atoms with Crippen molar-refractivity contribution in [1.29, 1.82) is 0 Å². The van der Waals surface area contributed by atoms with Crippen LogP contribution in [-0.2, 0) is 6.54 Å². The SMILES string of the molecule is CCCCCCn1c(=O)c(C(=O)N/N=C/c2ccncc2)c(O)c2ccccc21. The van der Waals surface area contributed by atoms with Crippen LogP contribution in [0.4, 0.5) is 0 Å². The highest BCUT2D eigenvalue weighted by atomic mass is 16.3. The van der Waals surface area contributed by atoms with Gasteiger partial charge in [0.25, 0.3) is 11.5 Å². The lowest BCUT2D eigenvalue weighted by Gasteiger charge is -2.14. The van der Waals surface area contributed by atoms with E-state index in [0.29, 0.717) is 17.4 Å². The number of hydrazone groups is 1. The van der Waals surface area contributed by atoms with E-state index in [1.54, 1.807) is 47.3 Å². The number of pyridine rings is 2. The number of rotatable bonds is 8. The van der Waals surface area contributed by atoms with Crippen molar-refractivity contribution in [2.45, 2.75) is 39.2 Å². The van der Waals surface area contributed by atoms with Gasteiger partial charge in [-0.25, -0.2) is 5.43 Å². The van der Waals surface area contributed by atoms with Crippen LogP contribution in [-0.4, -0.2) is 26.8 Å². The van der Waals surface area contributed by atoms with Crippen molar-refractivity contribution in [3.8, 4) is 5.75 Å². The minimum Gasteiger partial charge on any atom is -0.506 e. The third kappa shape index (κ3) is 4.68. The lowest BCUT2D eigenvalue weighted by atomic mass is 10.1. The number of fused-ring (bicyclic) bond motifs is 1. The molecule has 1 aromatic carbocycles. The molecule has 0 radical (unpaired) electrons. The summed E-state index contributed by atoms with van der Waals surface area (Å²) in [6.45, 7) is 2.61. The Kier molecular flexibility index (Phi) is 6.73. The maximum absolute atomic E-state index is 13.0. The zero-order valence-electron chi connectivity index (χ0n) is 16.3. The molecule has 150 valence electrons. The summed E-state index contributed by atoms with van der Waals surface area (Å²) in [6, 6.07) is 10.5. The Balaban J connectivity index is 1.93. The van der Waals surface area contributed by atoms with Crippen LogP contribution in [0.1, 0.15) is 48.5 Å². The number of carbonyl (C=O) groups excluding carboxylic acids is 1. The second-order valence-corrected chi connectivity index (χ2v) is 6.74. The van der Waals surface area contributed by atoms with Crippen LogP contribution in [0.25, 0.3) is 10.9 Å². The van der Waals surface area contributed by atoms with Crippen molar-refractivity contribution in [3.63, 3.8) is 0 Å². The van der Waals surface area contributed by atoms with E-state index in [1.807, 2.05) is 6.07 Å². The van der Waals surface area contributed by atoms with E-state index in [-0.39, 0.29) is 11.3 Å². The molecule has 0 saturated heterocycles. The molecular weight excluding hydrogens is 368 g/mol. The van der Waals surface area contributed by atoms with Crippen molar-refractivity contribution < 1.29 is 9.90 Å². The molecule has 0 aliphatic rings. The van der Waals surface area contributed by atoms with Gasteiger partial charge in [-0.2, -0.15) is 5.10 Å². The Labute approximate surface area is 168 Å². The van der Waals surface area contributed by atoms with E-state index in [9.17, 15) is 14.7 Å². The first-order chi connectivity index (χ1) is 14.1. The summed E-state index contributed by atoms with van der Waals surface area (Å²) in [4.78, 5) is 29.6. The lowest BCUT2D eigenvalue weighted by molar-refractivity contribution is 0.0950. The topological polar surface area (TPSA) is 96.6 Å². The zero-order chi connectivity index (χ0) is 20.6. The van der Waals surface area contributed by atoms with Crippen LogP contribution in [0.3, 0.4) is 0 Å². The van der Waals surface area contributed by atoms with E-state index in [4.69, 9.17) is 0 Å². The van der Waals surface area contributed by atoms with Crippen LogP contribution in [0.15, 0.2) is 58.7 Å². The minimum absolute atomic E-state index is 0.300. The molecule has 7 nitrogen and oxygen atoms in total. The number of hydrogen-bond donors (Lipinski definition) is 2. The Hall–Kier alpha value is -3.48. The van der Waals surface area contributed by atoms with Crippen molar-refractivity contribution in [2.24, 2.45) is 5.10 Å². The smallest absolute Gasteiger partial charge is 0.280 e. The van der Waals surface area contributed by atoms with Crippen LogP contribution in [0.2, 0.25) is 0 Å². The van der Waals surface area contributed by atoms with Gasteiger partial charge in [-0.05, 0) is 36.2 Å². The summed E-state index contributed by atoms with van der Waals surface area (Å²) in [5.41, 5.74) is 2.88. The van der Waals surface area contributed by atoms with Crippen molar-refractivity contribution in [2.75, 3.05) is 0 Å². The van der Waals surface area contributed by atoms with Gasteiger partial charge in [-0.3, -0.25) is 14.6 Å². The summed E-state index contributed by atoms with van der Waals surface area (Å²) < 4.78 is 1.56. The molecule has 29 heavy (non-hydrogen) atoms. The molecule has 2 heterocycles. The van der Waals surface area contributed by atoms with E-state index in [0.717, 1.165) is 31.2 Å². The number of nitrogens with zero attached hydrogens (tertiary/aromatic N) is 3. The fourth-order valence-corrected chi connectivity index (χ4v) is 3.18. The van der Waals surface area contributed by atoms with Crippen LogP contribution in [0, 0.1) is 0 Å². The third-order valence-electron chi connectivity index (χ3n) is 4.69. The second kappa shape index (κ2) is 9.64. The predicted molar refractivity (Wildman–Crippen MR) is 113 cm³/mol. The molecule has 3 aromatic rings. The molecule has 1 amide bonds. The van der Waals surface area contributed by atoms with Crippen molar-refractivity contribution >= 4 is 23.0 Å². The molecule has 0 saturated carbocycles. The van der Waals surface area contributed by atoms with Gasteiger partial charge in [0, 0.05) is 24.3 Å². The first-order valence-corrected chi connectivity index (χ1v) is 9.71. The Bertz CT molecular complexity index is 1070. The average molecular weight is 392 g/mol. The third-order valence-corrected chi connectivity index (χ3v) is 4.69. The van der Waals surface area contributed by atoms with Crippen LogP contribution >= 0.6 is 0 Å². The molecule has 7 heteroatoms. The van der Waals surface area contributed by atoms with Crippen LogP contribution < -0.4 is 11.0 Å². The Morgan fingerprint density at radius 2 is 1.93 bits per heavy atom. The maximum Gasteiger partial charge on any atom is 0.280 e. The number of unbranched alkanes of at least 4 members (excludes halogenated alkanes) is 3. The monoisotopic (exact) mass is 392 g/mol. The number of benzene rings is 1. The number of amides is 1. The summed E-state index contributed by atoms with van der Waals surface area (Å²) in [5, 5.41) is 15.0. The summed E-state index contributed by atoms with van der Waals surface area (Å²) in [7, 11) is 0. The number of aryl methyl sites for hydroxylation is 1. The average Bonchev–Trinajstić information content (AvgIpc) is 2.74. The van der Waals surface area contributed by atoms with Gasteiger partial charge in [-0.15, -0.1) is 0 Å². The van der Waals surface area contributed by atoms with Gasteiger partial charge in [0.2, 0.25) is 0 Å². The standard InChI is InChI=1S/C22H24N4O3/c1-2-3-4-7-14-26-18-9-6-5-8-17(18)20(27)19(22(26)29)21(28)25-24-15-16-10-12-23-13-11-16/h5-6,8-13,15,27H,2-4,7,14H2,1H3,(H,25,28)/b24-15+. The lowest BCUT2D eigenvalue weighted by Crippen LogP contribution is -2.31. The van der Waals surface area contributed by atoms with Crippen LogP contribution in [0.5, 0.6) is 5.75 Å². The molecule has 0 atom stereocenters. The highest BCUT2D eigenvalue weighted by Gasteiger charge is 2.21. The maximum atomic E-state index is 13.0. The summed E-state index contributed by atoms with van der Waals surface area (Å²) >= 11 is 0. The fourth-order valence-electron chi connectivity index (χ4n) is 3.18. The molecule has 0 fully saturated rings. The quantitative estimate of drug-likeness (QED) is 0.349. The molecule has 0 unspecified atom stereocenters. The van der Waals surface area contributed by atoms with E-state index >= 15 is 0 Å². The van der Waals surface area contributed by atoms with Crippen molar-refractivity contribution in [3.05, 3.63) is 70.3 Å². The number of nitrogens with one attached hydrogen (secondary N) is 1. The minimum atomic E-state index is -0.745. The first kappa shape index (κ1) is 20.3. The van der Waals surface area contributed by atoms with Gasteiger partial charge in [0.05, 0.1) is 11.7 Å². The Morgan fingerprint density at radius 1 is 1.17 bits per heavy atom. The number of aromatic nitrogens is 2. The number of hydrogen-bond acceptors (Lipinski definition) is 5. The van der Waals surface area contributed by atoms with Crippen molar-refractivity contribution in [1.82, 2.24) is 15.0 Å². The second-order valence-electron chi connectivity index (χ2n) is 6.74. The van der Waals surface area contributed by atoms with E-state index < -0.39 is 11.5 Å². The number of carbonyl (C=O) groups is 1. The molecular formula is C22H24N4O3. The molecule has 0 spiro atoms. The molecule has 3 rings (SSSR count). The number of aromatic hydroxyl groups is 1. The molecule has 0 bridgehead atoms. The van der Waals surface area contributed by atoms with Gasteiger partial charge in [0.15, 0.2) is 0 Å². The van der Waals surface area contributed by atoms with Gasteiger partial charge < -0.3 is 9.67 Å². The highest BCUT2D eigenvalue weighted by Crippen LogP contribution is 2.26. The van der Waals surface area contributed by atoms with Gasteiger partial charge in [-0.1, -0.05) is 38.3 Å². The normalized spacial score (nSPS) is 11.2. The predicted octanol–water partition coefficient (Wildman–Crippen LogP) is 3.45. The zero-order valence-corrected chi connectivity index (χ0v) is 16.3. The molecule has 0 aliphatic carbocycles. The van der Waals surface area contributed by atoms with Gasteiger partial charge in [0.1, 0.15) is 11.3 Å². The van der Waals surface area contributed by atoms with E-state index in [1.165, 1.54) is 6.21 Å². The fraction of sp³-hybridized carbons (Fsp3) is 0.273. The molecule has 2 N–H and O–H groups in total. The van der Waals surface area contributed by atoms with E-state index in [2.05, 4.69) is 22.4 Å². The first-order valence-electron chi connectivity index (χ1n) is 9.71. The number of para-hydroxylation sites is 1. The Morgan fingerprint density at radius 3 is 2.69 bits per heavy atom. The molecule has 0 aliphatic heterocycles. The molecule has 2 aromatic heterocycles. The highest BCUT2D eigenvalue weighted by molar-refractivity contribution is 6.02. The summed E-state index contributed by atoms with van der Waals surface area (Å²) in [5.74, 6) is -1.07. The largest absolute Gasteiger partial charge is 0.506 e.